The van der Waals surface area contributed by atoms with Crippen LogP contribution in [0.2, 0.25) is 19.6 Å². The fourth-order valence-corrected chi connectivity index (χ4v) is 1.87. The SMILES string of the molecule is CC(C)(C)OC(=O)C[C@@H](O)C[C@@H](O)C#C[Si](C)(C)C. The highest BCUT2D eigenvalue weighted by molar-refractivity contribution is 6.83. The van der Waals surface area contributed by atoms with Crippen molar-refractivity contribution in [1.29, 1.82) is 0 Å². The van der Waals surface area contributed by atoms with Crippen LogP contribution in [0.1, 0.15) is 33.6 Å². The Labute approximate surface area is 117 Å². The van der Waals surface area contributed by atoms with Gasteiger partial charge in [0.05, 0.1) is 12.5 Å². The molecular weight excluding hydrogens is 260 g/mol. The molecule has 0 saturated heterocycles. The lowest BCUT2D eigenvalue weighted by molar-refractivity contribution is -0.157. The van der Waals surface area contributed by atoms with Crippen LogP contribution in [0.5, 0.6) is 0 Å². The Balaban J connectivity index is 4.20. The van der Waals surface area contributed by atoms with E-state index in [2.05, 4.69) is 31.1 Å². The zero-order valence-corrected chi connectivity index (χ0v) is 13.8. The minimum absolute atomic E-state index is 0.0662. The van der Waals surface area contributed by atoms with Gasteiger partial charge in [-0.25, -0.2) is 0 Å². The number of hydrogen-bond acceptors (Lipinski definition) is 4. The molecule has 0 bridgehead atoms. The molecule has 19 heavy (non-hydrogen) atoms. The van der Waals surface area contributed by atoms with E-state index < -0.39 is 31.9 Å². The van der Waals surface area contributed by atoms with Crippen molar-refractivity contribution < 1.29 is 19.7 Å². The molecule has 0 aromatic heterocycles. The third-order valence-corrected chi connectivity index (χ3v) is 2.83. The molecule has 0 aromatic carbocycles. The maximum absolute atomic E-state index is 11.5. The molecule has 0 unspecified atom stereocenters. The maximum Gasteiger partial charge on any atom is 0.308 e. The number of rotatable bonds is 4. The number of esters is 1. The van der Waals surface area contributed by atoms with Crippen LogP contribution < -0.4 is 0 Å². The summed E-state index contributed by atoms with van der Waals surface area (Å²) < 4.78 is 5.09. The van der Waals surface area contributed by atoms with Gasteiger partial charge in [0.25, 0.3) is 0 Å². The first-order chi connectivity index (χ1) is 8.39. The van der Waals surface area contributed by atoms with E-state index in [1.54, 1.807) is 20.8 Å². The Bertz CT molecular complexity index is 354. The van der Waals surface area contributed by atoms with Gasteiger partial charge in [0.1, 0.15) is 19.8 Å². The lowest BCUT2D eigenvalue weighted by atomic mass is 10.1. The lowest BCUT2D eigenvalue weighted by Gasteiger charge is -2.20. The second kappa shape index (κ2) is 7.08. The first-order valence-electron chi connectivity index (χ1n) is 6.50. The summed E-state index contributed by atoms with van der Waals surface area (Å²) in [4.78, 5) is 11.5. The monoisotopic (exact) mass is 286 g/mol. The molecule has 0 amide bonds. The third kappa shape index (κ3) is 12.0. The van der Waals surface area contributed by atoms with Crippen molar-refractivity contribution >= 4 is 14.0 Å². The van der Waals surface area contributed by atoms with Gasteiger partial charge in [-0.05, 0) is 20.8 Å². The molecule has 0 aliphatic carbocycles. The van der Waals surface area contributed by atoms with Gasteiger partial charge in [-0.3, -0.25) is 4.79 Å². The van der Waals surface area contributed by atoms with Crippen LogP contribution in [-0.4, -0.2) is 42.1 Å². The van der Waals surface area contributed by atoms with E-state index in [1.165, 1.54) is 0 Å². The average molecular weight is 286 g/mol. The number of aliphatic hydroxyl groups excluding tert-OH is 2. The van der Waals surface area contributed by atoms with E-state index >= 15 is 0 Å². The van der Waals surface area contributed by atoms with Gasteiger partial charge in [0.15, 0.2) is 0 Å². The topological polar surface area (TPSA) is 66.8 Å². The molecule has 2 N–H and O–H groups in total. The quantitative estimate of drug-likeness (QED) is 0.469. The zero-order chi connectivity index (χ0) is 15.3. The van der Waals surface area contributed by atoms with Crippen molar-refractivity contribution in [3.63, 3.8) is 0 Å². The molecule has 0 aromatic rings. The Kier molecular flexibility index (Phi) is 6.77. The van der Waals surface area contributed by atoms with Crippen molar-refractivity contribution in [1.82, 2.24) is 0 Å². The first kappa shape index (κ1) is 18.2. The van der Waals surface area contributed by atoms with Crippen molar-refractivity contribution in [2.45, 2.75) is 71.1 Å². The molecule has 0 saturated carbocycles. The van der Waals surface area contributed by atoms with Crippen LogP contribution in [0, 0.1) is 11.5 Å². The van der Waals surface area contributed by atoms with Crippen molar-refractivity contribution in [2.75, 3.05) is 0 Å². The highest BCUT2D eigenvalue weighted by atomic mass is 28.3. The van der Waals surface area contributed by atoms with E-state index in [0.717, 1.165) is 0 Å². The standard InChI is InChI=1S/C14H26O4Si/c1-14(2,3)18-13(17)10-12(16)9-11(15)7-8-19(4,5)6/h11-12,15-16H,9-10H2,1-6H3/t11-,12-/m0/s1. The maximum atomic E-state index is 11.5. The summed E-state index contributed by atoms with van der Waals surface area (Å²) in [6.45, 7) is 11.5. The predicted molar refractivity (Wildman–Crippen MR) is 78.2 cm³/mol. The van der Waals surface area contributed by atoms with Gasteiger partial charge >= 0.3 is 5.97 Å². The molecule has 0 rings (SSSR count). The zero-order valence-electron chi connectivity index (χ0n) is 12.8. The van der Waals surface area contributed by atoms with Crippen LogP contribution in [0.4, 0.5) is 0 Å². The van der Waals surface area contributed by atoms with Gasteiger partial charge < -0.3 is 14.9 Å². The van der Waals surface area contributed by atoms with Crippen LogP contribution >= 0.6 is 0 Å². The summed E-state index contributed by atoms with van der Waals surface area (Å²) in [5.74, 6) is 2.26. The molecule has 110 valence electrons. The van der Waals surface area contributed by atoms with Crippen LogP contribution in [0.15, 0.2) is 0 Å². The van der Waals surface area contributed by atoms with E-state index in [0.29, 0.717) is 0 Å². The fourth-order valence-electron chi connectivity index (χ4n) is 1.28. The molecule has 4 nitrogen and oxygen atoms in total. The highest BCUT2D eigenvalue weighted by Gasteiger charge is 2.20. The highest BCUT2D eigenvalue weighted by Crippen LogP contribution is 2.11. The second-order valence-corrected chi connectivity index (χ2v) is 11.5. The van der Waals surface area contributed by atoms with E-state index in [9.17, 15) is 15.0 Å². The number of carbonyl (C=O) groups is 1. The summed E-state index contributed by atoms with van der Waals surface area (Å²) in [5.41, 5.74) is 2.47. The van der Waals surface area contributed by atoms with Gasteiger partial charge in [0.2, 0.25) is 0 Å². The minimum atomic E-state index is -1.53. The number of ether oxygens (including phenoxy) is 1. The summed E-state index contributed by atoms with van der Waals surface area (Å²) in [5, 5.41) is 19.4. The van der Waals surface area contributed by atoms with Gasteiger partial charge in [-0.2, -0.15) is 0 Å². The fraction of sp³-hybridized carbons (Fsp3) is 0.786. The molecule has 0 heterocycles. The van der Waals surface area contributed by atoms with Crippen LogP contribution in [-0.2, 0) is 9.53 Å². The van der Waals surface area contributed by atoms with E-state index in [1.807, 2.05) is 0 Å². The molecule has 5 heteroatoms. The first-order valence-corrected chi connectivity index (χ1v) is 10.00. The van der Waals surface area contributed by atoms with Crippen LogP contribution in [0.25, 0.3) is 0 Å². The normalized spacial score (nSPS) is 15.2. The Morgan fingerprint density at radius 1 is 1.26 bits per heavy atom. The van der Waals surface area contributed by atoms with Gasteiger partial charge in [0, 0.05) is 6.42 Å². The van der Waals surface area contributed by atoms with Crippen molar-refractivity contribution in [2.24, 2.45) is 0 Å². The van der Waals surface area contributed by atoms with Gasteiger partial charge in [-0.15, -0.1) is 5.54 Å². The molecular formula is C14H26O4Si. The number of hydrogen-bond donors (Lipinski definition) is 2. The molecule has 0 spiro atoms. The molecule has 0 aliphatic heterocycles. The third-order valence-electron chi connectivity index (χ3n) is 1.93. The largest absolute Gasteiger partial charge is 0.460 e. The average Bonchev–Trinajstić information content (AvgIpc) is 2.09. The summed E-state index contributed by atoms with van der Waals surface area (Å²) in [7, 11) is -1.53. The Hall–Kier alpha value is -0.833. The van der Waals surface area contributed by atoms with Gasteiger partial charge in [-0.1, -0.05) is 25.6 Å². The minimum Gasteiger partial charge on any atom is -0.460 e. The molecule has 0 aliphatic rings. The number of carbonyl (C=O) groups excluding carboxylic acids is 1. The Morgan fingerprint density at radius 2 is 1.79 bits per heavy atom. The molecule has 0 radical (unpaired) electrons. The smallest absolute Gasteiger partial charge is 0.308 e. The van der Waals surface area contributed by atoms with Crippen molar-refractivity contribution in [3.05, 3.63) is 0 Å². The molecule has 2 atom stereocenters. The van der Waals surface area contributed by atoms with Crippen LogP contribution in [0.3, 0.4) is 0 Å². The van der Waals surface area contributed by atoms with E-state index in [4.69, 9.17) is 4.74 Å². The summed E-state index contributed by atoms with van der Waals surface area (Å²) in [6.07, 6.45) is -1.88. The van der Waals surface area contributed by atoms with E-state index in [-0.39, 0.29) is 12.8 Å². The summed E-state index contributed by atoms with van der Waals surface area (Å²) in [6, 6.07) is 0. The second-order valence-electron chi connectivity index (χ2n) is 6.72. The molecule has 0 fully saturated rings. The summed E-state index contributed by atoms with van der Waals surface area (Å²) >= 11 is 0. The predicted octanol–water partition coefficient (Wildman–Crippen LogP) is 1.71. The number of aliphatic hydroxyl groups is 2. The van der Waals surface area contributed by atoms with Crippen molar-refractivity contribution in [3.8, 4) is 11.5 Å². The lowest BCUT2D eigenvalue weighted by Crippen LogP contribution is -2.28. The Morgan fingerprint density at radius 3 is 2.21 bits per heavy atom.